The van der Waals surface area contributed by atoms with Crippen LogP contribution < -0.4 is 0 Å². The molecule has 4 nitrogen and oxygen atoms in total. The van der Waals surface area contributed by atoms with E-state index in [0.29, 0.717) is 19.3 Å². The van der Waals surface area contributed by atoms with Gasteiger partial charge in [0.05, 0.1) is 7.11 Å². The third-order valence-corrected chi connectivity index (χ3v) is 6.87. The highest BCUT2D eigenvalue weighted by molar-refractivity contribution is 8.14. The number of hydrogen-bond acceptors (Lipinski definition) is 8. The molecule has 0 saturated carbocycles. The predicted molar refractivity (Wildman–Crippen MR) is 115 cm³/mol. The Kier molecular flexibility index (Phi) is 17.8. The van der Waals surface area contributed by atoms with Crippen LogP contribution in [0.15, 0.2) is 0 Å². The topological polar surface area (TPSA) is 60.4 Å². The molecule has 0 aromatic carbocycles. The van der Waals surface area contributed by atoms with Gasteiger partial charge >= 0.3 is 5.97 Å². The first-order valence-electron chi connectivity index (χ1n) is 8.43. The van der Waals surface area contributed by atoms with Crippen molar-refractivity contribution in [2.75, 3.05) is 36.9 Å². The van der Waals surface area contributed by atoms with Crippen LogP contribution in [0, 0.1) is 0 Å². The fourth-order valence-corrected chi connectivity index (χ4v) is 5.17. The highest BCUT2D eigenvalue weighted by Crippen LogP contribution is 2.26. The fraction of sp³-hybridized carbons (Fsp3) is 0.824. The summed E-state index contributed by atoms with van der Waals surface area (Å²) in [5.41, 5.74) is 0. The van der Waals surface area contributed by atoms with Crippen LogP contribution in [-0.4, -0.2) is 58.3 Å². The van der Waals surface area contributed by atoms with Crippen molar-refractivity contribution in [3.8, 4) is 0 Å². The van der Waals surface area contributed by atoms with Crippen LogP contribution in [0.5, 0.6) is 0 Å². The molecule has 0 unspecified atom stereocenters. The largest absolute Gasteiger partial charge is 0.469 e. The molecule has 8 heteroatoms. The van der Waals surface area contributed by atoms with E-state index in [9.17, 15) is 14.4 Å². The summed E-state index contributed by atoms with van der Waals surface area (Å²) in [7, 11) is 1.40. The average molecular weight is 427 g/mol. The highest BCUT2D eigenvalue weighted by Gasteiger charge is 2.16. The number of ether oxygens (including phenoxy) is 1. The van der Waals surface area contributed by atoms with Crippen molar-refractivity contribution in [2.24, 2.45) is 0 Å². The zero-order valence-electron chi connectivity index (χ0n) is 15.4. The molecule has 0 aromatic rings. The van der Waals surface area contributed by atoms with Crippen molar-refractivity contribution < 1.29 is 19.1 Å². The zero-order chi connectivity index (χ0) is 18.9. The maximum atomic E-state index is 12.0. The van der Waals surface area contributed by atoms with Crippen LogP contribution in [0.1, 0.15) is 44.9 Å². The van der Waals surface area contributed by atoms with Gasteiger partial charge in [-0.15, -0.1) is 0 Å². The molecule has 25 heavy (non-hydrogen) atoms. The molecule has 0 N–H and O–H groups in total. The van der Waals surface area contributed by atoms with E-state index in [1.165, 1.54) is 30.6 Å². The minimum absolute atomic E-state index is 0.185. The molecule has 0 aliphatic rings. The maximum Gasteiger partial charge on any atom is 0.305 e. The number of rotatable bonds is 15. The Morgan fingerprint density at radius 2 is 1.48 bits per heavy atom. The molecule has 0 fully saturated rings. The first kappa shape index (κ1) is 25.2. The van der Waals surface area contributed by atoms with Gasteiger partial charge in [-0.25, -0.2) is 0 Å². The minimum Gasteiger partial charge on any atom is -0.469 e. The second-order valence-electron chi connectivity index (χ2n) is 5.43. The van der Waals surface area contributed by atoms with Crippen molar-refractivity contribution in [2.45, 2.75) is 50.2 Å². The number of esters is 1. The lowest BCUT2D eigenvalue weighted by Gasteiger charge is -2.15. The van der Waals surface area contributed by atoms with Gasteiger partial charge in [0.2, 0.25) is 0 Å². The Balaban J connectivity index is 4.20. The van der Waals surface area contributed by atoms with Gasteiger partial charge in [-0.05, 0) is 31.8 Å². The summed E-state index contributed by atoms with van der Waals surface area (Å²) in [4.78, 5) is 34.9. The summed E-state index contributed by atoms with van der Waals surface area (Å²) >= 11 is 6.16. The lowest BCUT2D eigenvalue weighted by molar-refractivity contribution is -0.140. The fourth-order valence-electron chi connectivity index (χ4n) is 2.00. The van der Waals surface area contributed by atoms with Gasteiger partial charge in [0.1, 0.15) is 0 Å². The van der Waals surface area contributed by atoms with E-state index in [4.69, 9.17) is 0 Å². The average Bonchev–Trinajstić information content (AvgIpc) is 2.61. The van der Waals surface area contributed by atoms with Crippen LogP contribution in [0.25, 0.3) is 0 Å². The molecule has 0 bridgehead atoms. The van der Waals surface area contributed by atoms with Gasteiger partial charge in [-0.1, -0.05) is 29.9 Å². The molecule has 0 radical (unpaired) electrons. The second-order valence-corrected chi connectivity index (χ2v) is 9.91. The molecule has 0 aromatic heterocycles. The molecule has 0 amide bonds. The van der Waals surface area contributed by atoms with Gasteiger partial charge in [0.15, 0.2) is 10.2 Å². The second kappa shape index (κ2) is 17.6. The normalized spacial score (nSPS) is 12.0. The molecule has 0 aliphatic carbocycles. The number of hydrogen-bond donors (Lipinski definition) is 0. The monoisotopic (exact) mass is 426 g/mol. The SMILES string of the molecule is COC(=O)CCCC[C@@H](CCSC(=O)CCSC)SC(=O)CCSC. The molecule has 0 spiro atoms. The third-order valence-electron chi connectivity index (χ3n) is 3.41. The van der Waals surface area contributed by atoms with E-state index in [0.717, 1.165) is 42.9 Å². The minimum atomic E-state index is -0.185. The van der Waals surface area contributed by atoms with Gasteiger partial charge in [-0.2, -0.15) is 23.5 Å². The molecule has 0 heterocycles. The molecule has 0 saturated heterocycles. The highest BCUT2D eigenvalue weighted by atomic mass is 32.2. The van der Waals surface area contributed by atoms with E-state index in [2.05, 4.69) is 4.74 Å². The summed E-state index contributed by atoms with van der Waals surface area (Å²) in [6, 6.07) is 0. The molecule has 0 rings (SSSR count). The standard InChI is InChI=1S/C17H30O4S4/c1-21-15(18)7-5-4-6-14(25-17(20)10-12-23-3)8-13-24-16(19)9-11-22-2/h14H,4-13H2,1-3H3/t14-/m0/s1. The van der Waals surface area contributed by atoms with Crippen LogP contribution in [0.4, 0.5) is 0 Å². The first-order valence-corrected chi connectivity index (χ1v) is 13.1. The van der Waals surface area contributed by atoms with E-state index >= 15 is 0 Å². The first-order chi connectivity index (χ1) is 12.0. The summed E-state index contributed by atoms with van der Waals surface area (Å²) in [5, 5.41) is 0.691. The van der Waals surface area contributed by atoms with Crippen LogP contribution in [0.2, 0.25) is 0 Å². The Labute approximate surface area is 169 Å². The van der Waals surface area contributed by atoms with Crippen molar-refractivity contribution in [3.63, 3.8) is 0 Å². The molecular formula is C17H30O4S4. The van der Waals surface area contributed by atoms with Crippen molar-refractivity contribution in [1.29, 1.82) is 0 Å². The zero-order valence-corrected chi connectivity index (χ0v) is 18.7. The summed E-state index contributed by atoms with van der Waals surface area (Å²) < 4.78 is 4.65. The summed E-state index contributed by atoms with van der Waals surface area (Å²) in [6.07, 6.45) is 9.04. The Hall–Kier alpha value is 0.210. The summed E-state index contributed by atoms with van der Waals surface area (Å²) in [5.74, 6) is 2.29. The number of methoxy groups -OCH3 is 1. The van der Waals surface area contributed by atoms with Crippen LogP contribution in [0.3, 0.4) is 0 Å². The van der Waals surface area contributed by atoms with E-state index in [1.807, 2.05) is 12.5 Å². The third kappa shape index (κ3) is 16.1. The van der Waals surface area contributed by atoms with Gasteiger partial charge in [0.25, 0.3) is 0 Å². The van der Waals surface area contributed by atoms with Crippen LogP contribution >= 0.6 is 47.0 Å². The molecule has 1 atom stereocenters. The van der Waals surface area contributed by atoms with Crippen molar-refractivity contribution >= 4 is 63.2 Å². The Morgan fingerprint density at radius 3 is 2.08 bits per heavy atom. The number of carbonyl (C=O) groups excluding carboxylic acids is 3. The molecule has 146 valence electrons. The van der Waals surface area contributed by atoms with Crippen molar-refractivity contribution in [1.82, 2.24) is 0 Å². The Morgan fingerprint density at radius 1 is 0.840 bits per heavy atom. The van der Waals surface area contributed by atoms with Gasteiger partial charge in [-0.3, -0.25) is 14.4 Å². The summed E-state index contributed by atoms with van der Waals surface area (Å²) in [6.45, 7) is 0. The van der Waals surface area contributed by atoms with Gasteiger partial charge in [0, 0.05) is 41.8 Å². The van der Waals surface area contributed by atoms with Crippen LogP contribution in [-0.2, 0) is 19.1 Å². The van der Waals surface area contributed by atoms with Gasteiger partial charge < -0.3 is 4.74 Å². The van der Waals surface area contributed by atoms with E-state index in [1.54, 1.807) is 23.5 Å². The van der Waals surface area contributed by atoms with E-state index in [-0.39, 0.29) is 21.4 Å². The Bertz CT molecular complexity index is 391. The lowest BCUT2D eigenvalue weighted by Crippen LogP contribution is -2.10. The quantitative estimate of drug-likeness (QED) is 0.280. The predicted octanol–water partition coefficient (Wildman–Crippen LogP) is 4.50. The number of carbonyl (C=O) groups is 3. The molecular weight excluding hydrogens is 396 g/mol. The maximum absolute atomic E-state index is 12.0. The smallest absolute Gasteiger partial charge is 0.305 e. The number of unbranched alkanes of at least 4 members (excludes halogenated alkanes) is 1. The number of thioether (sulfide) groups is 4. The van der Waals surface area contributed by atoms with E-state index < -0.39 is 0 Å². The molecule has 0 aliphatic heterocycles. The lowest BCUT2D eigenvalue weighted by atomic mass is 10.1. The van der Waals surface area contributed by atoms with Crippen molar-refractivity contribution in [3.05, 3.63) is 0 Å².